The Kier molecular flexibility index (Phi) is 4.23. The third kappa shape index (κ3) is 3.36. The van der Waals surface area contributed by atoms with E-state index in [9.17, 15) is 0 Å². The summed E-state index contributed by atoms with van der Waals surface area (Å²) < 4.78 is 0. The number of anilines is 2. The summed E-state index contributed by atoms with van der Waals surface area (Å²) in [6.45, 7) is 4.98. The number of benzene rings is 1. The lowest BCUT2D eigenvalue weighted by atomic mass is 10.1. The number of fused-ring (bicyclic) bond motifs is 1. The summed E-state index contributed by atoms with van der Waals surface area (Å²) in [5.74, 6) is 1.50. The summed E-state index contributed by atoms with van der Waals surface area (Å²) in [6.07, 6.45) is 4.77. The summed E-state index contributed by atoms with van der Waals surface area (Å²) >= 11 is 0. The van der Waals surface area contributed by atoms with E-state index in [2.05, 4.69) is 63.8 Å². The minimum atomic E-state index is 0.356. The van der Waals surface area contributed by atoms with E-state index in [4.69, 9.17) is 0 Å². The first-order valence-corrected chi connectivity index (χ1v) is 7.61. The lowest BCUT2D eigenvalue weighted by Gasteiger charge is -2.10. The smallest absolute Gasteiger partial charge is 0.224 e. The van der Waals surface area contributed by atoms with E-state index in [0.717, 1.165) is 18.8 Å². The minimum absolute atomic E-state index is 0.356. The van der Waals surface area contributed by atoms with Crippen molar-refractivity contribution >= 4 is 22.7 Å². The molecular weight excluding hydrogens is 274 g/mol. The number of nitrogens with zero attached hydrogens (tertiary/aromatic N) is 2. The van der Waals surface area contributed by atoms with Gasteiger partial charge in [-0.25, -0.2) is 4.98 Å². The quantitative estimate of drug-likeness (QED) is 0.652. The lowest BCUT2D eigenvalue weighted by Crippen LogP contribution is -2.13. The van der Waals surface area contributed by atoms with E-state index < -0.39 is 0 Å². The van der Waals surface area contributed by atoms with Crippen molar-refractivity contribution in [3.63, 3.8) is 0 Å². The van der Waals surface area contributed by atoms with E-state index in [0.29, 0.717) is 12.0 Å². The molecule has 0 bridgehead atoms. The van der Waals surface area contributed by atoms with Crippen molar-refractivity contribution in [1.29, 1.82) is 0 Å². The van der Waals surface area contributed by atoms with E-state index in [-0.39, 0.29) is 0 Å². The SMILES string of the molecule is CC(C)Nc1ccnc(NCCc2c[nH]c3ccccc23)n1. The van der Waals surface area contributed by atoms with Gasteiger partial charge in [-0.1, -0.05) is 18.2 Å². The first kappa shape index (κ1) is 14.4. The van der Waals surface area contributed by atoms with Crippen molar-refractivity contribution in [3.8, 4) is 0 Å². The van der Waals surface area contributed by atoms with Crippen LogP contribution in [0.15, 0.2) is 42.7 Å². The summed E-state index contributed by atoms with van der Waals surface area (Å²) in [5.41, 5.74) is 2.48. The molecule has 3 aromatic rings. The fraction of sp³-hybridized carbons (Fsp3) is 0.294. The molecule has 2 aromatic heterocycles. The molecule has 22 heavy (non-hydrogen) atoms. The molecule has 0 aliphatic heterocycles. The van der Waals surface area contributed by atoms with Crippen LogP contribution in [-0.2, 0) is 6.42 Å². The first-order chi connectivity index (χ1) is 10.7. The number of aromatic amines is 1. The van der Waals surface area contributed by atoms with Crippen LogP contribution in [0.25, 0.3) is 10.9 Å². The van der Waals surface area contributed by atoms with Crippen LogP contribution < -0.4 is 10.6 Å². The largest absolute Gasteiger partial charge is 0.368 e. The molecule has 0 aliphatic carbocycles. The standard InChI is InChI=1S/C17H21N5/c1-12(2)21-16-8-10-19-17(22-16)18-9-7-13-11-20-15-6-4-3-5-14(13)15/h3-6,8,10-12,20H,7,9H2,1-2H3,(H2,18,19,21,22). The van der Waals surface area contributed by atoms with E-state index in [1.54, 1.807) is 6.20 Å². The maximum atomic E-state index is 4.45. The zero-order valence-electron chi connectivity index (χ0n) is 12.9. The van der Waals surface area contributed by atoms with Crippen LogP contribution in [0, 0.1) is 0 Å². The summed E-state index contributed by atoms with van der Waals surface area (Å²) in [4.78, 5) is 12.0. The number of nitrogens with one attached hydrogen (secondary N) is 3. The van der Waals surface area contributed by atoms with Crippen LogP contribution in [0.5, 0.6) is 0 Å². The summed E-state index contributed by atoms with van der Waals surface area (Å²) in [6, 6.07) is 10.6. The number of hydrogen-bond donors (Lipinski definition) is 3. The molecule has 5 nitrogen and oxygen atoms in total. The maximum Gasteiger partial charge on any atom is 0.224 e. The minimum Gasteiger partial charge on any atom is -0.368 e. The molecule has 0 fully saturated rings. The number of rotatable bonds is 6. The second-order valence-corrected chi connectivity index (χ2v) is 5.60. The van der Waals surface area contributed by atoms with E-state index in [1.165, 1.54) is 16.5 Å². The molecule has 114 valence electrons. The van der Waals surface area contributed by atoms with Crippen LogP contribution in [0.3, 0.4) is 0 Å². The second-order valence-electron chi connectivity index (χ2n) is 5.60. The molecule has 0 saturated heterocycles. The van der Waals surface area contributed by atoms with Crippen molar-refractivity contribution < 1.29 is 0 Å². The van der Waals surface area contributed by atoms with Gasteiger partial charge in [-0.15, -0.1) is 0 Å². The van der Waals surface area contributed by atoms with Crippen LogP contribution >= 0.6 is 0 Å². The first-order valence-electron chi connectivity index (χ1n) is 7.61. The van der Waals surface area contributed by atoms with Gasteiger partial charge in [0.15, 0.2) is 0 Å². The molecule has 3 N–H and O–H groups in total. The molecule has 0 aliphatic rings. The number of aromatic nitrogens is 3. The monoisotopic (exact) mass is 295 g/mol. The lowest BCUT2D eigenvalue weighted by molar-refractivity contribution is 0.884. The number of H-pyrrole nitrogens is 1. The molecule has 0 unspecified atom stereocenters. The van der Waals surface area contributed by atoms with Crippen LogP contribution in [0.1, 0.15) is 19.4 Å². The normalized spacial score (nSPS) is 11.0. The Morgan fingerprint density at radius 3 is 2.91 bits per heavy atom. The van der Waals surface area contributed by atoms with Crippen molar-refractivity contribution in [3.05, 3.63) is 48.3 Å². The van der Waals surface area contributed by atoms with Gasteiger partial charge in [-0.2, -0.15) is 4.98 Å². The van der Waals surface area contributed by atoms with Gasteiger partial charge in [0.25, 0.3) is 0 Å². The maximum absolute atomic E-state index is 4.45. The Bertz CT molecular complexity index is 747. The van der Waals surface area contributed by atoms with Crippen molar-refractivity contribution in [2.24, 2.45) is 0 Å². The van der Waals surface area contributed by atoms with Gasteiger partial charge >= 0.3 is 0 Å². The Labute approximate surface area is 130 Å². The third-order valence-corrected chi connectivity index (χ3v) is 3.44. The molecule has 0 spiro atoms. The fourth-order valence-corrected chi connectivity index (χ4v) is 2.47. The Hall–Kier alpha value is -2.56. The van der Waals surface area contributed by atoms with E-state index >= 15 is 0 Å². The van der Waals surface area contributed by atoms with Gasteiger partial charge in [0, 0.05) is 35.9 Å². The van der Waals surface area contributed by atoms with Crippen molar-refractivity contribution in [2.45, 2.75) is 26.3 Å². The highest BCUT2D eigenvalue weighted by Crippen LogP contribution is 2.18. The highest BCUT2D eigenvalue weighted by molar-refractivity contribution is 5.83. The van der Waals surface area contributed by atoms with Gasteiger partial charge < -0.3 is 15.6 Å². The molecule has 0 saturated carbocycles. The topological polar surface area (TPSA) is 65.6 Å². The predicted octanol–water partition coefficient (Wildman–Crippen LogP) is 3.43. The Balaban J connectivity index is 1.61. The zero-order chi connectivity index (χ0) is 15.4. The van der Waals surface area contributed by atoms with Crippen LogP contribution in [-0.4, -0.2) is 27.5 Å². The molecule has 5 heteroatoms. The molecule has 3 rings (SSSR count). The van der Waals surface area contributed by atoms with Gasteiger partial charge in [0.2, 0.25) is 5.95 Å². The van der Waals surface area contributed by atoms with Gasteiger partial charge in [0.1, 0.15) is 5.82 Å². The van der Waals surface area contributed by atoms with Crippen molar-refractivity contribution in [2.75, 3.05) is 17.2 Å². The third-order valence-electron chi connectivity index (χ3n) is 3.44. The van der Waals surface area contributed by atoms with Gasteiger partial charge in [-0.3, -0.25) is 0 Å². The Morgan fingerprint density at radius 1 is 1.18 bits per heavy atom. The average molecular weight is 295 g/mol. The number of para-hydroxylation sites is 1. The van der Waals surface area contributed by atoms with E-state index in [1.807, 2.05) is 12.1 Å². The van der Waals surface area contributed by atoms with Crippen LogP contribution in [0.2, 0.25) is 0 Å². The van der Waals surface area contributed by atoms with Crippen LogP contribution in [0.4, 0.5) is 11.8 Å². The molecule has 1 aromatic carbocycles. The predicted molar refractivity (Wildman–Crippen MR) is 91.3 cm³/mol. The molecule has 0 amide bonds. The summed E-state index contributed by atoms with van der Waals surface area (Å²) in [5, 5.41) is 7.84. The van der Waals surface area contributed by atoms with Gasteiger partial charge in [0.05, 0.1) is 0 Å². The zero-order valence-corrected chi connectivity index (χ0v) is 12.9. The molecular formula is C17H21N5. The molecule has 0 radical (unpaired) electrons. The molecule has 2 heterocycles. The Morgan fingerprint density at radius 2 is 2.05 bits per heavy atom. The highest BCUT2D eigenvalue weighted by Gasteiger charge is 2.04. The summed E-state index contributed by atoms with van der Waals surface area (Å²) in [7, 11) is 0. The fourth-order valence-electron chi connectivity index (χ4n) is 2.47. The highest BCUT2D eigenvalue weighted by atomic mass is 15.1. The molecule has 0 atom stereocenters. The average Bonchev–Trinajstić information content (AvgIpc) is 2.91. The second kappa shape index (κ2) is 6.47. The number of hydrogen-bond acceptors (Lipinski definition) is 4. The van der Waals surface area contributed by atoms with Crippen molar-refractivity contribution in [1.82, 2.24) is 15.0 Å². The van der Waals surface area contributed by atoms with Gasteiger partial charge in [-0.05, 0) is 38.0 Å².